The lowest BCUT2D eigenvalue weighted by Gasteiger charge is -2.30. The van der Waals surface area contributed by atoms with Crippen molar-refractivity contribution in [3.05, 3.63) is 28.8 Å². The normalized spacial score (nSPS) is 14.4. The third-order valence-corrected chi connectivity index (χ3v) is 4.25. The lowest BCUT2D eigenvalue weighted by molar-refractivity contribution is 0.0696. The van der Waals surface area contributed by atoms with Crippen LogP contribution in [0, 0.1) is 19.8 Å². The molecule has 0 aromatic heterocycles. The Morgan fingerprint density at radius 2 is 2.00 bits per heavy atom. The minimum atomic E-state index is -0.977. The first-order valence-corrected chi connectivity index (χ1v) is 7.25. The van der Waals surface area contributed by atoms with E-state index < -0.39 is 5.97 Å². The minimum Gasteiger partial charge on any atom is -0.478 e. The van der Waals surface area contributed by atoms with Crippen LogP contribution in [0.4, 0.5) is 10.5 Å². The Labute approximate surface area is 125 Å². The van der Waals surface area contributed by atoms with Gasteiger partial charge in [-0.3, -0.25) is 0 Å². The highest BCUT2D eigenvalue weighted by Crippen LogP contribution is 2.27. The van der Waals surface area contributed by atoms with Crippen LogP contribution in [-0.2, 0) is 0 Å². The summed E-state index contributed by atoms with van der Waals surface area (Å²) in [4.78, 5) is 25.0. The molecule has 2 rings (SSSR count). The topological polar surface area (TPSA) is 69.6 Å². The molecule has 0 radical (unpaired) electrons. The molecule has 1 saturated carbocycles. The minimum absolute atomic E-state index is 0.193. The van der Waals surface area contributed by atoms with Crippen LogP contribution in [-0.4, -0.2) is 35.6 Å². The van der Waals surface area contributed by atoms with Gasteiger partial charge < -0.3 is 15.3 Å². The Bertz CT molecular complexity index is 565. The van der Waals surface area contributed by atoms with Crippen LogP contribution in [0.25, 0.3) is 0 Å². The van der Waals surface area contributed by atoms with Gasteiger partial charge in [-0.2, -0.15) is 0 Å². The number of nitrogens with one attached hydrogen (secondary N) is 1. The maximum absolute atomic E-state index is 12.1. The van der Waals surface area contributed by atoms with Crippen molar-refractivity contribution in [2.24, 2.45) is 5.92 Å². The van der Waals surface area contributed by atoms with E-state index in [-0.39, 0.29) is 11.6 Å². The van der Waals surface area contributed by atoms with Gasteiger partial charge in [0.25, 0.3) is 0 Å². The molecule has 5 nitrogen and oxygen atoms in total. The van der Waals surface area contributed by atoms with Gasteiger partial charge in [-0.05, 0) is 55.9 Å². The van der Waals surface area contributed by atoms with Gasteiger partial charge in [0.1, 0.15) is 0 Å². The van der Waals surface area contributed by atoms with Crippen LogP contribution in [0.5, 0.6) is 0 Å². The fourth-order valence-corrected chi connectivity index (χ4v) is 2.52. The van der Waals surface area contributed by atoms with E-state index in [0.29, 0.717) is 11.6 Å². The van der Waals surface area contributed by atoms with Crippen LogP contribution >= 0.6 is 0 Å². The average Bonchev–Trinajstić information content (AvgIpc) is 2.37. The largest absolute Gasteiger partial charge is 0.478 e. The number of anilines is 1. The van der Waals surface area contributed by atoms with E-state index in [1.807, 2.05) is 6.92 Å². The SMILES string of the molecule is Cc1cc(NC(=O)N(C)CC2CCC2)cc(C(=O)O)c1C. The standard InChI is InChI=1S/C16H22N2O3/c1-10-7-13(8-14(11(10)2)15(19)20)17-16(21)18(3)9-12-5-4-6-12/h7-8,12H,4-6,9H2,1-3H3,(H,17,21)(H,19,20). The molecule has 114 valence electrons. The van der Waals surface area contributed by atoms with E-state index in [0.717, 1.165) is 17.7 Å². The van der Waals surface area contributed by atoms with Gasteiger partial charge in [0, 0.05) is 19.3 Å². The Morgan fingerprint density at radius 3 is 2.52 bits per heavy atom. The number of carboxylic acid groups (broad SMARTS) is 1. The predicted octanol–water partition coefficient (Wildman–Crippen LogP) is 3.27. The van der Waals surface area contributed by atoms with E-state index in [4.69, 9.17) is 0 Å². The third-order valence-electron chi connectivity index (χ3n) is 4.25. The van der Waals surface area contributed by atoms with Gasteiger partial charge in [-0.1, -0.05) is 6.42 Å². The Kier molecular flexibility index (Phi) is 4.50. The van der Waals surface area contributed by atoms with E-state index in [2.05, 4.69) is 5.32 Å². The molecular weight excluding hydrogens is 268 g/mol. The summed E-state index contributed by atoms with van der Waals surface area (Å²) in [7, 11) is 1.77. The molecule has 2 N–H and O–H groups in total. The Hall–Kier alpha value is -2.04. The quantitative estimate of drug-likeness (QED) is 0.894. The van der Waals surface area contributed by atoms with Crippen molar-refractivity contribution in [2.45, 2.75) is 33.1 Å². The van der Waals surface area contributed by atoms with Crippen molar-refractivity contribution in [1.82, 2.24) is 4.90 Å². The third kappa shape index (κ3) is 3.54. The molecule has 0 aliphatic heterocycles. The molecule has 0 heterocycles. The molecule has 0 unspecified atom stereocenters. The molecule has 21 heavy (non-hydrogen) atoms. The van der Waals surface area contributed by atoms with Gasteiger partial charge in [-0.15, -0.1) is 0 Å². The van der Waals surface area contributed by atoms with E-state index in [1.54, 1.807) is 24.9 Å². The summed E-state index contributed by atoms with van der Waals surface area (Å²) in [5, 5.41) is 12.0. The average molecular weight is 290 g/mol. The van der Waals surface area contributed by atoms with Gasteiger partial charge in [0.2, 0.25) is 0 Å². The number of aryl methyl sites for hydroxylation is 1. The number of hydrogen-bond donors (Lipinski definition) is 2. The smallest absolute Gasteiger partial charge is 0.336 e. The number of aromatic carboxylic acids is 1. The fourth-order valence-electron chi connectivity index (χ4n) is 2.52. The van der Waals surface area contributed by atoms with Crippen molar-refractivity contribution in [2.75, 3.05) is 18.9 Å². The van der Waals surface area contributed by atoms with Gasteiger partial charge >= 0.3 is 12.0 Å². The van der Waals surface area contributed by atoms with Crippen LogP contribution in [0.15, 0.2) is 12.1 Å². The number of rotatable bonds is 4. The van der Waals surface area contributed by atoms with Crippen molar-refractivity contribution in [3.63, 3.8) is 0 Å². The lowest BCUT2D eigenvalue weighted by atomic mass is 9.85. The summed E-state index contributed by atoms with van der Waals surface area (Å²) >= 11 is 0. The number of carboxylic acids is 1. The molecule has 1 aromatic rings. The number of carbonyl (C=O) groups excluding carboxylic acids is 1. The van der Waals surface area contributed by atoms with Gasteiger partial charge in [0.05, 0.1) is 5.56 Å². The number of nitrogens with zero attached hydrogens (tertiary/aromatic N) is 1. The molecule has 5 heteroatoms. The van der Waals surface area contributed by atoms with Crippen LogP contribution in [0.3, 0.4) is 0 Å². The molecule has 0 saturated heterocycles. The number of amides is 2. The lowest BCUT2D eigenvalue weighted by Crippen LogP contribution is -2.37. The van der Waals surface area contributed by atoms with Crippen molar-refractivity contribution >= 4 is 17.7 Å². The fraction of sp³-hybridized carbons (Fsp3) is 0.500. The maximum Gasteiger partial charge on any atom is 0.336 e. The number of urea groups is 1. The Balaban J connectivity index is 2.07. The molecule has 2 amide bonds. The second-order valence-electron chi connectivity index (χ2n) is 5.88. The highest BCUT2D eigenvalue weighted by Gasteiger charge is 2.21. The van der Waals surface area contributed by atoms with Crippen molar-refractivity contribution in [1.29, 1.82) is 0 Å². The second kappa shape index (κ2) is 6.16. The van der Waals surface area contributed by atoms with Crippen LogP contribution in [0.2, 0.25) is 0 Å². The highest BCUT2D eigenvalue weighted by atomic mass is 16.4. The van der Waals surface area contributed by atoms with E-state index in [9.17, 15) is 14.7 Å². The monoisotopic (exact) mass is 290 g/mol. The molecule has 1 aromatic carbocycles. The van der Waals surface area contributed by atoms with Crippen molar-refractivity contribution in [3.8, 4) is 0 Å². The summed E-state index contributed by atoms with van der Waals surface area (Å²) in [6.45, 7) is 4.37. The molecule has 1 aliphatic carbocycles. The summed E-state index contributed by atoms with van der Waals surface area (Å²) in [5.74, 6) is -0.371. The molecule has 0 spiro atoms. The summed E-state index contributed by atoms with van der Waals surface area (Å²) in [5.41, 5.74) is 2.34. The van der Waals surface area contributed by atoms with Crippen LogP contribution < -0.4 is 5.32 Å². The molecular formula is C16H22N2O3. The number of carbonyl (C=O) groups is 2. The molecule has 0 atom stereocenters. The zero-order valence-corrected chi connectivity index (χ0v) is 12.8. The van der Waals surface area contributed by atoms with E-state index in [1.165, 1.54) is 25.3 Å². The molecule has 1 fully saturated rings. The number of hydrogen-bond acceptors (Lipinski definition) is 2. The first-order chi connectivity index (χ1) is 9.88. The molecule has 0 bridgehead atoms. The van der Waals surface area contributed by atoms with Gasteiger partial charge in [-0.25, -0.2) is 9.59 Å². The predicted molar refractivity (Wildman–Crippen MR) is 81.9 cm³/mol. The first kappa shape index (κ1) is 15.4. The Morgan fingerprint density at radius 1 is 1.33 bits per heavy atom. The van der Waals surface area contributed by atoms with Crippen LogP contribution in [0.1, 0.15) is 40.7 Å². The highest BCUT2D eigenvalue weighted by molar-refractivity contribution is 5.94. The maximum atomic E-state index is 12.1. The first-order valence-electron chi connectivity index (χ1n) is 7.25. The number of benzene rings is 1. The van der Waals surface area contributed by atoms with Crippen molar-refractivity contribution < 1.29 is 14.7 Å². The summed E-state index contributed by atoms with van der Waals surface area (Å²) < 4.78 is 0. The second-order valence-corrected chi connectivity index (χ2v) is 5.88. The van der Waals surface area contributed by atoms with E-state index >= 15 is 0 Å². The summed E-state index contributed by atoms with van der Waals surface area (Å²) in [6.07, 6.45) is 3.62. The van der Waals surface area contributed by atoms with Gasteiger partial charge in [0.15, 0.2) is 0 Å². The zero-order chi connectivity index (χ0) is 15.6. The summed E-state index contributed by atoms with van der Waals surface area (Å²) in [6, 6.07) is 3.12. The molecule has 1 aliphatic rings. The zero-order valence-electron chi connectivity index (χ0n) is 12.8.